The summed E-state index contributed by atoms with van der Waals surface area (Å²) in [6.45, 7) is 0. The summed E-state index contributed by atoms with van der Waals surface area (Å²) in [5.41, 5.74) is 2.49. The number of rotatable bonds is 5. The molecule has 30 heavy (non-hydrogen) atoms. The second kappa shape index (κ2) is 8.62. The molecule has 0 aliphatic rings. The third kappa shape index (κ3) is 4.27. The smallest absolute Gasteiger partial charge is 0.328 e. The Hall–Kier alpha value is -2.64. The number of nitrogens with zero attached hydrogens (tertiary/aromatic N) is 1. The molecule has 1 N–H and O–H groups in total. The molecule has 0 fully saturated rings. The SMILES string of the molecule is CN(c1ccccc1)c1ccc2cc(C(=O)N[S+]([O-])c3ccc(Cl)cc3Cl)oc2c1. The Balaban J connectivity index is 1.55. The molecular weight excluding hydrogens is 443 g/mol. The lowest BCUT2D eigenvalue weighted by Gasteiger charge is -2.19. The zero-order valence-electron chi connectivity index (χ0n) is 15.8. The summed E-state index contributed by atoms with van der Waals surface area (Å²) in [7, 11) is 1.95. The fourth-order valence-electron chi connectivity index (χ4n) is 2.96. The van der Waals surface area contributed by atoms with Crippen molar-refractivity contribution in [3.63, 3.8) is 0 Å². The van der Waals surface area contributed by atoms with E-state index in [1.807, 2.05) is 60.5 Å². The van der Waals surface area contributed by atoms with Gasteiger partial charge in [0.05, 0.1) is 5.02 Å². The van der Waals surface area contributed by atoms with Gasteiger partial charge < -0.3 is 13.9 Å². The Labute approximate surface area is 186 Å². The van der Waals surface area contributed by atoms with Crippen LogP contribution in [0.5, 0.6) is 0 Å². The standard InChI is InChI=1S/C22H16Cl2N2O3S/c1-26(16-5-3-2-4-6-16)17-9-7-14-11-20(29-19(14)13-17)22(27)25-30(28)21-10-8-15(23)12-18(21)24/h2-13H,1H3,(H,25,27). The van der Waals surface area contributed by atoms with Gasteiger partial charge in [-0.15, -0.1) is 0 Å². The lowest BCUT2D eigenvalue weighted by Crippen LogP contribution is -2.30. The van der Waals surface area contributed by atoms with E-state index in [9.17, 15) is 9.35 Å². The first-order chi connectivity index (χ1) is 14.4. The number of carbonyl (C=O) groups is 1. The average molecular weight is 459 g/mol. The lowest BCUT2D eigenvalue weighted by molar-refractivity contribution is 0.0956. The van der Waals surface area contributed by atoms with E-state index in [1.54, 1.807) is 12.1 Å². The van der Waals surface area contributed by atoms with Crippen LogP contribution in [0.1, 0.15) is 10.6 Å². The molecule has 5 nitrogen and oxygen atoms in total. The normalized spacial score (nSPS) is 12.0. The van der Waals surface area contributed by atoms with Crippen LogP contribution in [0.4, 0.5) is 11.4 Å². The van der Waals surface area contributed by atoms with E-state index in [0.717, 1.165) is 16.8 Å². The summed E-state index contributed by atoms with van der Waals surface area (Å²) in [6.07, 6.45) is 0. The van der Waals surface area contributed by atoms with Crippen molar-refractivity contribution in [2.24, 2.45) is 0 Å². The molecule has 1 amide bonds. The maximum Gasteiger partial charge on any atom is 0.328 e. The van der Waals surface area contributed by atoms with Gasteiger partial charge in [0.1, 0.15) is 16.9 Å². The van der Waals surface area contributed by atoms with Crippen molar-refractivity contribution in [2.75, 3.05) is 11.9 Å². The van der Waals surface area contributed by atoms with Gasteiger partial charge in [-0.3, -0.25) is 4.79 Å². The van der Waals surface area contributed by atoms with Gasteiger partial charge in [-0.1, -0.05) is 41.4 Å². The molecule has 1 heterocycles. The van der Waals surface area contributed by atoms with Crippen LogP contribution in [0.3, 0.4) is 0 Å². The maximum atomic E-state index is 12.5. The molecule has 0 spiro atoms. The highest BCUT2D eigenvalue weighted by molar-refractivity contribution is 7.90. The molecule has 3 aromatic carbocycles. The van der Waals surface area contributed by atoms with E-state index >= 15 is 0 Å². The third-order valence-corrected chi connectivity index (χ3v) is 6.32. The van der Waals surface area contributed by atoms with E-state index in [4.69, 9.17) is 27.6 Å². The minimum absolute atomic E-state index is 0.0583. The zero-order valence-corrected chi connectivity index (χ0v) is 18.1. The average Bonchev–Trinajstić information content (AvgIpc) is 3.17. The number of hydrogen-bond donors (Lipinski definition) is 1. The summed E-state index contributed by atoms with van der Waals surface area (Å²) in [6, 6.07) is 21.7. The van der Waals surface area contributed by atoms with Gasteiger partial charge in [-0.05, 0) is 48.5 Å². The Bertz CT molecular complexity index is 1210. The minimum Gasteiger partial charge on any atom is -0.588 e. The van der Waals surface area contributed by atoms with Gasteiger partial charge in [-0.25, -0.2) is 0 Å². The van der Waals surface area contributed by atoms with Crippen LogP contribution < -0.4 is 9.62 Å². The number of nitrogens with one attached hydrogen (secondary N) is 1. The van der Waals surface area contributed by atoms with Crippen molar-refractivity contribution in [1.29, 1.82) is 0 Å². The van der Waals surface area contributed by atoms with Crippen LogP contribution in [-0.4, -0.2) is 17.5 Å². The third-order valence-electron chi connectivity index (χ3n) is 4.54. The first kappa shape index (κ1) is 20.6. The van der Waals surface area contributed by atoms with Gasteiger partial charge in [0.25, 0.3) is 0 Å². The molecule has 1 atom stereocenters. The van der Waals surface area contributed by atoms with E-state index < -0.39 is 17.3 Å². The van der Waals surface area contributed by atoms with Crippen molar-refractivity contribution >= 4 is 62.8 Å². The highest BCUT2D eigenvalue weighted by Crippen LogP contribution is 2.29. The van der Waals surface area contributed by atoms with E-state index in [0.29, 0.717) is 10.6 Å². The van der Waals surface area contributed by atoms with Crippen molar-refractivity contribution in [3.8, 4) is 0 Å². The van der Waals surface area contributed by atoms with Gasteiger partial charge in [0, 0.05) is 34.9 Å². The molecule has 8 heteroatoms. The lowest BCUT2D eigenvalue weighted by atomic mass is 10.2. The molecule has 0 saturated heterocycles. The second-order valence-electron chi connectivity index (χ2n) is 6.50. The van der Waals surface area contributed by atoms with Gasteiger partial charge in [-0.2, -0.15) is 4.72 Å². The second-order valence-corrected chi connectivity index (χ2v) is 8.53. The van der Waals surface area contributed by atoms with Crippen molar-refractivity contribution in [2.45, 2.75) is 4.90 Å². The van der Waals surface area contributed by atoms with Crippen LogP contribution in [0.25, 0.3) is 11.0 Å². The minimum atomic E-state index is -1.85. The molecule has 0 aliphatic heterocycles. The Morgan fingerprint density at radius 2 is 1.77 bits per heavy atom. The number of amides is 1. The Kier molecular flexibility index (Phi) is 5.92. The van der Waals surface area contributed by atoms with Crippen LogP contribution in [-0.2, 0) is 11.4 Å². The van der Waals surface area contributed by atoms with E-state index in [2.05, 4.69) is 4.72 Å². The number of para-hydroxylation sites is 1. The maximum absolute atomic E-state index is 12.5. The topological polar surface area (TPSA) is 68.5 Å². The highest BCUT2D eigenvalue weighted by Gasteiger charge is 2.23. The first-order valence-corrected chi connectivity index (χ1v) is 10.8. The van der Waals surface area contributed by atoms with Gasteiger partial charge >= 0.3 is 5.91 Å². The summed E-state index contributed by atoms with van der Waals surface area (Å²) in [4.78, 5) is 14.8. The molecule has 4 aromatic rings. The number of anilines is 2. The fourth-order valence-corrected chi connectivity index (χ4v) is 4.38. The van der Waals surface area contributed by atoms with Crippen molar-refractivity contribution in [3.05, 3.63) is 88.6 Å². The van der Waals surface area contributed by atoms with Crippen LogP contribution >= 0.6 is 23.2 Å². The largest absolute Gasteiger partial charge is 0.588 e. The summed E-state index contributed by atoms with van der Waals surface area (Å²) in [5.74, 6) is -0.545. The Morgan fingerprint density at radius 1 is 1.00 bits per heavy atom. The van der Waals surface area contributed by atoms with E-state index in [1.165, 1.54) is 12.1 Å². The quantitative estimate of drug-likeness (QED) is 0.374. The molecule has 1 unspecified atom stereocenters. The predicted molar refractivity (Wildman–Crippen MR) is 121 cm³/mol. The molecular formula is C22H16Cl2N2O3S. The number of furan rings is 1. The number of fused-ring (bicyclic) bond motifs is 1. The van der Waals surface area contributed by atoms with Gasteiger partial charge in [0.15, 0.2) is 10.7 Å². The fraction of sp³-hybridized carbons (Fsp3) is 0.0455. The molecule has 0 aliphatic carbocycles. The summed E-state index contributed by atoms with van der Waals surface area (Å²) in [5, 5.41) is 1.39. The molecule has 0 saturated carbocycles. The molecule has 1 aromatic heterocycles. The molecule has 152 valence electrons. The summed E-state index contributed by atoms with van der Waals surface area (Å²) >= 11 is 10.1. The molecule has 0 radical (unpaired) electrons. The number of hydrogen-bond acceptors (Lipinski definition) is 4. The summed E-state index contributed by atoms with van der Waals surface area (Å²) < 4.78 is 20.6. The first-order valence-electron chi connectivity index (χ1n) is 8.92. The number of halogens is 2. The van der Waals surface area contributed by atoms with Crippen molar-refractivity contribution in [1.82, 2.24) is 4.72 Å². The van der Waals surface area contributed by atoms with Crippen molar-refractivity contribution < 1.29 is 13.8 Å². The zero-order chi connectivity index (χ0) is 21.3. The predicted octanol–water partition coefficient (Wildman–Crippen LogP) is 5.96. The number of benzene rings is 3. The van der Waals surface area contributed by atoms with E-state index in [-0.39, 0.29) is 15.7 Å². The Morgan fingerprint density at radius 3 is 2.50 bits per heavy atom. The van der Waals surface area contributed by atoms with Crippen LogP contribution in [0.15, 0.2) is 82.1 Å². The molecule has 0 bridgehead atoms. The van der Waals surface area contributed by atoms with Gasteiger partial charge in [0.2, 0.25) is 0 Å². The number of carbonyl (C=O) groups excluding carboxylic acids is 1. The van der Waals surface area contributed by atoms with Crippen LogP contribution in [0, 0.1) is 0 Å². The highest BCUT2D eigenvalue weighted by atomic mass is 35.5. The monoisotopic (exact) mass is 458 g/mol. The van der Waals surface area contributed by atoms with Crippen LogP contribution in [0.2, 0.25) is 10.0 Å². The molecule has 4 rings (SSSR count).